The molecule has 0 aliphatic heterocycles. The molecule has 0 radical (unpaired) electrons. The number of nitrogens with one attached hydrogen (secondary N) is 1. The summed E-state index contributed by atoms with van der Waals surface area (Å²) in [4.78, 5) is 12.8. The van der Waals surface area contributed by atoms with Gasteiger partial charge in [0.2, 0.25) is 0 Å². The van der Waals surface area contributed by atoms with Crippen LogP contribution in [0.3, 0.4) is 0 Å². The van der Waals surface area contributed by atoms with Crippen LogP contribution in [0.15, 0.2) is 91.0 Å². The first-order valence-electron chi connectivity index (χ1n) is 12.6. The number of carbonyl (C=O) groups excluding carboxylic acids is 1. The number of methoxy groups -OCH3 is 1. The Labute approximate surface area is 209 Å². The smallest absolute Gasteiger partial charge is 0.311 e. The number of hydrogen-bond acceptors (Lipinski definition) is 4. The monoisotopic (exact) mass is 466 g/mol. The van der Waals surface area contributed by atoms with Gasteiger partial charge in [-0.1, -0.05) is 110 Å². The van der Waals surface area contributed by atoms with Crippen LogP contribution in [0.5, 0.6) is 0 Å². The summed E-state index contributed by atoms with van der Waals surface area (Å²) >= 11 is 0. The molecule has 180 valence electrons. The van der Waals surface area contributed by atoms with E-state index in [0.29, 0.717) is 12.8 Å². The molecule has 1 fully saturated rings. The second-order valence-electron chi connectivity index (χ2n) is 9.55. The Morgan fingerprint density at radius 3 is 1.74 bits per heavy atom. The molecule has 0 heterocycles. The zero-order chi connectivity index (χ0) is 24.6. The van der Waals surface area contributed by atoms with Gasteiger partial charge in [0, 0.05) is 0 Å². The number of esters is 1. The van der Waals surface area contributed by atoms with E-state index in [9.17, 15) is 10.1 Å². The maximum absolute atomic E-state index is 12.8. The van der Waals surface area contributed by atoms with Crippen LogP contribution in [-0.2, 0) is 15.1 Å². The molecule has 0 aromatic heterocycles. The summed E-state index contributed by atoms with van der Waals surface area (Å²) < 4.78 is 5.23. The number of ether oxygens (including phenoxy) is 1. The average Bonchev–Trinajstić information content (AvgIpc) is 2.95. The minimum absolute atomic E-state index is 0.130. The Hall–Kier alpha value is -3.42. The van der Waals surface area contributed by atoms with Crippen molar-refractivity contribution in [3.63, 3.8) is 0 Å². The molecule has 1 aliphatic rings. The van der Waals surface area contributed by atoms with Crippen molar-refractivity contribution in [2.45, 2.75) is 56.5 Å². The fraction of sp³-hybridized carbons (Fsp3) is 0.355. The van der Waals surface area contributed by atoms with Gasteiger partial charge in [-0.3, -0.25) is 10.1 Å². The van der Waals surface area contributed by atoms with E-state index >= 15 is 0 Å². The van der Waals surface area contributed by atoms with Gasteiger partial charge in [0.05, 0.1) is 30.2 Å². The van der Waals surface area contributed by atoms with E-state index in [1.807, 2.05) is 54.6 Å². The van der Waals surface area contributed by atoms with Crippen LogP contribution in [0.4, 0.5) is 0 Å². The number of nitrogens with zero attached hydrogens (tertiary/aromatic N) is 1. The maximum Gasteiger partial charge on any atom is 0.311 e. The van der Waals surface area contributed by atoms with E-state index in [1.165, 1.54) is 7.11 Å². The van der Waals surface area contributed by atoms with Crippen molar-refractivity contribution < 1.29 is 9.53 Å². The Bertz CT molecular complexity index is 1020. The maximum atomic E-state index is 12.8. The molecule has 1 N–H and O–H groups in total. The molecule has 1 unspecified atom stereocenters. The molecule has 3 aromatic rings. The third-order valence-corrected chi connectivity index (χ3v) is 7.51. The fourth-order valence-corrected chi connectivity index (χ4v) is 5.67. The van der Waals surface area contributed by atoms with Crippen LogP contribution in [0.1, 0.15) is 61.6 Å². The number of hydrogen-bond donors (Lipinski definition) is 1. The molecule has 4 rings (SSSR count). The van der Waals surface area contributed by atoms with E-state index in [-0.39, 0.29) is 5.97 Å². The summed E-state index contributed by atoms with van der Waals surface area (Å²) in [6.45, 7) is 0. The molecule has 0 spiro atoms. The van der Waals surface area contributed by atoms with Crippen LogP contribution in [-0.4, -0.2) is 19.1 Å². The lowest BCUT2D eigenvalue weighted by molar-refractivity contribution is -0.155. The van der Waals surface area contributed by atoms with Gasteiger partial charge in [-0.05, 0) is 42.4 Å². The molecule has 35 heavy (non-hydrogen) atoms. The number of benzene rings is 3. The summed E-state index contributed by atoms with van der Waals surface area (Å²) in [7, 11) is 1.48. The normalized spacial score (nSPS) is 16.1. The third-order valence-electron chi connectivity index (χ3n) is 7.51. The van der Waals surface area contributed by atoms with Gasteiger partial charge in [-0.2, -0.15) is 5.26 Å². The second kappa shape index (κ2) is 11.3. The van der Waals surface area contributed by atoms with Gasteiger partial charge in [0.1, 0.15) is 0 Å². The van der Waals surface area contributed by atoms with Gasteiger partial charge in [-0.25, -0.2) is 0 Å². The largest absolute Gasteiger partial charge is 0.469 e. The predicted octanol–water partition coefficient (Wildman–Crippen LogP) is 6.36. The van der Waals surface area contributed by atoms with Crippen molar-refractivity contribution in [2.24, 2.45) is 5.41 Å². The van der Waals surface area contributed by atoms with E-state index in [2.05, 4.69) is 47.8 Å². The van der Waals surface area contributed by atoms with Crippen LogP contribution in [0.2, 0.25) is 0 Å². The van der Waals surface area contributed by atoms with Crippen LogP contribution in [0, 0.1) is 16.7 Å². The predicted molar refractivity (Wildman–Crippen MR) is 139 cm³/mol. The standard InChI is InChI=1S/C31H34N2O2/c1-35-29(34)30(21-12-5-13-22-30)23-20-28(24-32)33-31(25-14-6-2-7-15-25,26-16-8-3-9-17-26)27-18-10-4-11-19-27/h2-4,6-11,14-19,28,33H,5,12-13,20-23H2,1H3. The van der Waals surface area contributed by atoms with Crippen molar-refractivity contribution in [2.75, 3.05) is 7.11 Å². The van der Waals surface area contributed by atoms with E-state index in [1.54, 1.807) is 0 Å². The van der Waals surface area contributed by atoms with E-state index in [4.69, 9.17) is 4.74 Å². The first-order valence-corrected chi connectivity index (χ1v) is 12.6. The quantitative estimate of drug-likeness (QED) is 0.294. The van der Waals surface area contributed by atoms with Crippen molar-refractivity contribution in [3.8, 4) is 6.07 Å². The van der Waals surface area contributed by atoms with E-state index < -0.39 is 17.0 Å². The SMILES string of the molecule is COC(=O)C1(CCC(C#N)NC(c2ccccc2)(c2ccccc2)c2ccccc2)CCCCC1. The highest BCUT2D eigenvalue weighted by Crippen LogP contribution is 2.42. The zero-order valence-electron chi connectivity index (χ0n) is 20.5. The van der Waals surface area contributed by atoms with Crippen molar-refractivity contribution in [1.82, 2.24) is 5.32 Å². The van der Waals surface area contributed by atoms with Gasteiger partial charge < -0.3 is 4.74 Å². The highest BCUT2D eigenvalue weighted by molar-refractivity contribution is 5.76. The fourth-order valence-electron chi connectivity index (χ4n) is 5.67. The molecule has 1 saturated carbocycles. The minimum Gasteiger partial charge on any atom is -0.469 e. The Morgan fingerprint density at radius 1 is 0.886 bits per heavy atom. The van der Waals surface area contributed by atoms with E-state index in [0.717, 1.165) is 48.8 Å². The summed E-state index contributed by atoms with van der Waals surface area (Å²) in [6.07, 6.45) is 6.08. The second-order valence-corrected chi connectivity index (χ2v) is 9.55. The molecule has 0 saturated heterocycles. The number of carbonyl (C=O) groups is 1. The van der Waals surface area contributed by atoms with Crippen molar-refractivity contribution in [1.29, 1.82) is 5.26 Å². The third kappa shape index (κ3) is 5.16. The number of rotatable bonds is 9. The Kier molecular flexibility index (Phi) is 8.00. The molecule has 1 aliphatic carbocycles. The average molecular weight is 467 g/mol. The van der Waals surface area contributed by atoms with Crippen LogP contribution < -0.4 is 5.32 Å². The molecular formula is C31H34N2O2. The lowest BCUT2D eigenvalue weighted by atomic mass is 9.70. The lowest BCUT2D eigenvalue weighted by Crippen LogP contribution is -2.50. The van der Waals surface area contributed by atoms with Gasteiger partial charge in [-0.15, -0.1) is 0 Å². The zero-order valence-corrected chi connectivity index (χ0v) is 20.5. The van der Waals surface area contributed by atoms with Crippen molar-refractivity contribution >= 4 is 5.97 Å². The topological polar surface area (TPSA) is 62.1 Å². The molecule has 0 amide bonds. The Morgan fingerprint density at radius 2 is 1.34 bits per heavy atom. The first-order chi connectivity index (χ1) is 17.1. The van der Waals surface area contributed by atoms with Crippen LogP contribution >= 0.6 is 0 Å². The van der Waals surface area contributed by atoms with Gasteiger partial charge in [0.25, 0.3) is 0 Å². The Balaban J connectivity index is 1.74. The minimum atomic E-state index is -0.713. The summed E-state index contributed by atoms with van der Waals surface area (Å²) in [5, 5.41) is 14.1. The molecule has 1 atom stereocenters. The first kappa shape index (κ1) is 24.7. The lowest BCUT2D eigenvalue weighted by Gasteiger charge is -2.40. The van der Waals surface area contributed by atoms with Crippen molar-refractivity contribution in [3.05, 3.63) is 108 Å². The molecule has 0 bridgehead atoms. The van der Waals surface area contributed by atoms with Crippen LogP contribution in [0.25, 0.3) is 0 Å². The summed E-state index contributed by atoms with van der Waals surface area (Å²) in [5.41, 5.74) is 2.00. The molecule has 4 nitrogen and oxygen atoms in total. The van der Waals surface area contributed by atoms with Gasteiger partial charge in [0.15, 0.2) is 0 Å². The molecule has 3 aromatic carbocycles. The highest BCUT2D eigenvalue weighted by Gasteiger charge is 2.42. The summed E-state index contributed by atoms with van der Waals surface area (Å²) in [5.74, 6) is -0.130. The number of nitriles is 1. The van der Waals surface area contributed by atoms with Gasteiger partial charge >= 0.3 is 5.97 Å². The molecular weight excluding hydrogens is 432 g/mol. The highest BCUT2D eigenvalue weighted by atomic mass is 16.5. The summed E-state index contributed by atoms with van der Waals surface area (Å²) in [6, 6.07) is 33.0. The molecule has 4 heteroatoms.